The van der Waals surface area contributed by atoms with Gasteiger partial charge in [-0.15, -0.1) is 0 Å². The molecule has 1 atom stereocenters. The average molecular weight is 340 g/mol. The number of hydrogen-bond acceptors (Lipinski definition) is 4. The number of carbonyl (C=O) groups excluding carboxylic acids is 2. The average Bonchev–Trinajstić information content (AvgIpc) is 2.62. The minimum absolute atomic E-state index is 0.0931. The van der Waals surface area contributed by atoms with Crippen molar-refractivity contribution in [3.63, 3.8) is 0 Å². The van der Waals surface area contributed by atoms with Gasteiger partial charge in [-0.3, -0.25) is 20.4 Å². The maximum absolute atomic E-state index is 12.1. The van der Waals surface area contributed by atoms with Crippen molar-refractivity contribution < 1.29 is 19.1 Å². The van der Waals surface area contributed by atoms with Gasteiger partial charge in [0.1, 0.15) is 6.61 Å². The second-order valence-corrected chi connectivity index (χ2v) is 6.00. The number of ether oxygens (including phenoxy) is 2. The first kappa shape index (κ1) is 16.8. The highest BCUT2D eigenvalue weighted by atomic mass is 16.6. The van der Waals surface area contributed by atoms with Crippen LogP contribution in [0.1, 0.15) is 16.7 Å². The van der Waals surface area contributed by atoms with Crippen molar-refractivity contribution in [3.05, 3.63) is 59.2 Å². The number of fused-ring (bicyclic) bond motifs is 1. The molecule has 3 rings (SSSR count). The molecule has 0 radical (unpaired) electrons. The lowest BCUT2D eigenvalue weighted by atomic mass is 10.0. The van der Waals surface area contributed by atoms with Gasteiger partial charge in [0.25, 0.3) is 5.91 Å². The molecule has 2 aromatic rings. The molecule has 2 aromatic carbocycles. The van der Waals surface area contributed by atoms with E-state index in [1.165, 1.54) is 5.56 Å². The minimum Gasteiger partial charge on any atom is -0.485 e. The van der Waals surface area contributed by atoms with Crippen LogP contribution in [-0.2, 0) is 16.0 Å². The highest BCUT2D eigenvalue weighted by Gasteiger charge is 2.27. The van der Waals surface area contributed by atoms with Crippen LogP contribution in [0.5, 0.6) is 11.5 Å². The van der Waals surface area contributed by atoms with Crippen LogP contribution in [0.3, 0.4) is 0 Å². The van der Waals surface area contributed by atoms with Crippen LogP contribution >= 0.6 is 0 Å². The van der Waals surface area contributed by atoms with Crippen molar-refractivity contribution in [1.29, 1.82) is 0 Å². The molecule has 130 valence electrons. The zero-order valence-corrected chi connectivity index (χ0v) is 14.2. The third kappa shape index (κ3) is 4.09. The maximum atomic E-state index is 12.1. The second-order valence-electron chi connectivity index (χ2n) is 6.00. The first-order valence-corrected chi connectivity index (χ1v) is 8.06. The zero-order valence-electron chi connectivity index (χ0n) is 14.2. The number of hydrazine groups is 1. The monoisotopic (exact) mass is 340 g/mol. The molecular formula is C19H20N2O4. The van der Waals surface area contributed by atoms with Crippen LogP contribution < -0.4 is 20.3 Å². The van der Waals surface area contributed by atoms with E-state index in [4.69, 9.17) is 9.47 Å². The number of carbonyl (C=O) groups is 2. The Hall–Kier alpha value is -3.02. The molecule has 25 heavy (non-hydrogen) atoms. The van der Waals surface area contributed by atoms with Crippen LogP contribution in [0, 0.1) is 13.8 Å². The Bertz CT molecular complexity index is 804. The molecular weight excluding hydrogens is 320 g/mol. The zero-order chi connectivity index (χ0) is 17.8. The number of para-hydroxylation sites is 2. The van der Waals surface area contributed by atoms with Crippen molar-refractivity contribution in [1.82, 2.24) is 10.9 Å². The summed E-state index contributed by atoms with van der Waals surface area (Å²) in [6, 6.07) is 13.0. The topological polar surface area (TPSA) is 76.7 Å². The number of aryl methyl sites for hydroxylation is 2. The molecule has 0 spiro atoms. The molecule has 1 aliphatic rings. The van der Waals surface area contributed by atoms with Crippen molar-refractivity contribution in [2.45, 2.75) is 26.4 Å². The van der Waals surface area contributed by atoms with E-state index in [9.17, 15) is 9.59 Å². The summed E-state index contributed by atoms with van der Waals surface area (Å²) in [6.07, 6.45) is -0.622. The first-order valence-electron chi connectivity index (χ1n) is 8.06. The first-order chi connectivity index (χ1) is 12.0. The molecule has 1 aliphatic heterocycles. The highest BCUT2D eigenvalue weighted by molar-refractivity contribution is 5.86. The number of nitrogens with one attached hydrogen (secondary N) is 2. The van der Waals surface area contributed by atoms with Crippen LogP contribution in [-0.4, -0.2) is 24.5 Å². The molecule has 0 unspecified atom stereocenters. The van der Waals surface area contributed by atoms with E-state index in [-0.39, 0.29) is 18.9 Å². The van der Waals surface area contributed by atoms with Crippen molar-refractivity contribution in [3.8, 4) is 11.5 Å². The van der Waals surface area contributed by atoms with Gasteiger partial charge in [-0.25, -0.2) is 0 Å². The van der Waals surface area contributed by atoms with Crippen LogP contribution in [0.15, 0.2) is 42.5 Å². The summed E-state index contributed by atoms with van der Waals surface area (Å²) < 4.78 is 11.1. The van der Waals surface area contributed by atoms with E-state index in [1.54, 1.807) is 18.2 Å². The molecule has 6 nitrogen and oxygen atoms in total. The Morgan fingerprint density at radius 3 is 2.56 bits per heavy atom. The van der Waals surface area contributed by atoms with Gasteiger partial charge in [-0.05, 0) is 42.7 Å². The number of hydrogen-bond donors (Lipinski definition) is 2. The van der Waals surface area contributed by atoms with Gasteiger partial charge in [0, 0.05) is 0 Å². The smallest absolute Gasteiger partial charge is 0.283 e. The van der Waals surface area contributed by atoms with E-state index in [2.05, 4.69) is 10.9 Å². The lowest BCUT2D eigenvalue weighted by molar-refractivity contribution is -0.134. The Morgan fingerprint density at radius 1 is 1.04 bits per heavy atom. The van der Waals surface area contributed by atoms with E-state index in [1.807, 2.05) is 38.1 Å². The highest BCUT2D eigenvalue weighted by Crippen LogP contribution is 2.30. The predicted molar refractivity (Wildman–Crippen MR) is 92.3 cm³/mol. The summed E-state index contributed by atoms with van der Waals surface area (Å²) in [6.45, 7) is 4.11. The third-order valence-corrected chi connectivity index (χ3v) is 4.06. The fourth-order valence-corrected chi connectivity index (χ4v) is 2.50. The number of amides is 2. The molecule has 6 heteroatoms. The van der Waals surface area contributed by atoms with Gasteiger partial charge < -0.3 is 9.47 Å². The Morgan fingerprint density at radius 2 is 1.80 bits per heavy atom. The summed E-state index contributed by atoms with van der Waals surface area (Å²) in [7, 11) is 0. The summed E-state index contributed by atoms with van der Waals surface area (Å²) in [5.41, 5.74) is 7.99. The molecule has 0 aromatic heterocycles. The van der Waals surface area contributed by atoms with Crippen LogP contribution in [0.2, 0.25) is 0 Å². The molecule has 0 saturated carbocycles. The molecule has 0 aliphatic carbocycles. The van der Waals surface area contributed by atoms with Gasteiger partial charge in [-0.1, -0.05) is 30.3 Å². The van der Waals surface area contributed by atoms with Gasteiger partial charge >= 0.3 is 0 Å². The van der Waals surface area contributed by atoms with Crippen LogP contribution in [0.25, 0.3) is 0 Å². The lowest BCUT2D eigenvalue weighted by Gasteiger charge is -2.25. The standard InChI is InChI=1S/C19H20N2O4/c1-12-7-8-14(9-13(12)2)10-18(22)20-21-19(23)17-11-24-15-5-3-4-6-16(15)25-17/h3-9,17H,10-11H2,1-2H3,(H,20,22)(H,21,23)/t17-/m0/s1. The molecule has 1 heterocycles. The lowest BCUT2D eigenvalue weighted by Crippen LogP contribution is -2.51. The van der Waals surface area contributed by atoms with Crippen molar-refractivity contribution in [2.75, 3.05) is 6.61 Å². The summed E-state index contributed by atoms with van der Waals surface area (Å²) in [5, 5.41) is 0. The van der Waals surface area contributed by atoms with Crippen LogP contribution in [0.4, 0.5) is 0 Å². The van der Waals surface area contributed by atoms with E-state index in [0.717, 1.165) is 11.1 Å². The molecule has 2 amide bonds. The van der Waals surface area contributed by atoms with E-state index >= 15 is 0 Å². The normalized spacial score (nSPS) is 15.4. The third-order valence-electron chi connectivity index (χ3n) is 4.06. The Balaban J connectivity index is 1.50. The number of rotatable bonds is 3. The molecule has 0 fully saturated rings. The Labute approximate surface area is 146 Å². The fraction of sp³-hybridized carbons (Fsp3) is 0.263. The van der Waals surface area contributed by atoms with Gasteiger partial charge in [0.2, 0.25) is 12.0 Å². The van der Waals surface area contributed by atoms with E-state index in [0.29, 0.717) is 11.5 Å². The van der Waals surface area contributed by atoms with Gasteiger partial charge in [-0.2, -0.15) is 0 Å². The van der Waals surface area contributed by atoms with Crippen molar-refractivity contribution >= 4 is 11.8 Å². The molecule has 0 bridgehead atoms. The summed E-state index contributed by atoms with van der Waals surface area (Å²) >= 11 is 0. The minimum atomic E-state index is -0.809. The van der Waals surface area contributed by atoms with E-state index < -0.39 is 12.0 Å². The summed E-state index contributed by atoms with van der Waals surface area (Å²) in [4.78, 5) is 24.1. The van der Waals surface area contributed by atoms with Gasteiger partial charge in [0.15, 0.2) is 11.5 Å². The van der Waals surface area contributed by atoms with Crippen molar-refractivity contribution in [2.24, 2.45) is 0 Å². The molecule has 2 N–H and O–H groups in total. The number of benzene rings is 2. The predicted octanol–water partition coefficient (Wildman–Crippen LogP) is 1.83. The largest absolute Gasteiger partial charge is 0.485 e. The Kier molecular flexibility index (Phi) is 4.88. The SMILES string of the molecule is Cc1ccc(CC(=O)NNC(=O)[C@@H]2COc3ccccc3O2)cc1C. The molecule has 0 saturated heterocycles. The fourth-order valence-electron chi connectivity index (χ4n) is 2.50. The quantitative estimate of drug-likeness (QED) is 0.836. The maximum Gasteiger partial charge on any atom is 0.283 e. The summed E-state index contributed by atoms with van der Waals surface area (Å²) in [5.74, 6) is 0.359. The second kappa shape index (κ2) is 7.25. The van der Waals surface area contributed by atoms with Gasteiger partial charge in [0.05, 0.1) is 6.42 Å².